The summed E-state index contributed by atoms with van der Waals surface area (Å²) < 4.78 is 25.4. The second-order valence-electron chi connectivity index (χ2n) is 22.4. The highest BCUT2D eigenvalue weighted by Crippen LogP contribution is 2.43. The van der Waals surface area contributed by atoms with Crippen molar-refractivity contribution in [1.29, 1.82) is 0 Å². The van der Waals surface area contributed by atoms with Gasteiger partial charge >= 0.3 is 12.2 Å². The lowest BCUT2D eigenvalue weighted by molar-refractivity contribution is -0.134. The molecule has 0 N–H and O–H groups in total. The third kappa shape index (κ3) is 13.5. The highest BCUT2D eigenvalue weighted by atomic mass is 35.5. The number of carbonyl (C=O) groups excluding carboxylic acids is 4. The third-order valence-corrected chi connectivity index (χ3v) is 15.8. The maximum atomic E-state index is 13.6. The molecule has 18 heteroatoms. The van der Waals surface area contributed by atoms with Crippen molar-refractivity contribution in [3.63, 3.8) is 0 Å². The van der Waals surface area contributed by atoms with Gasteiger partial charge in [0.05, 0.1) is 29.7 Å². The molecule has 0 saturated carbocycles. The number of carbonyl (C=O) groups is 4. The zero-order valence-corrected chi connectivity index (χ0v) is 47.9. The van der Waals surface area contributed by atoms with Crippen LogP contribution in [0.15, 0.2) is 97.3 Å². The number of aromatic nitrogens is 4. The molecule has 4 heterocycles. The van der Waals surface area contributed by atoms with E-state index in [1.54, 1.807) is 36.7 Å². The molecule has 10 rings (SSSR count). The maximum absolute atomic E-state index is 13.6. The molecule has 14 nitrogen and oxygen atoms in total. The minimum Gasteiger partial charge on any atom is -0.489 e. The molecular weight excluding hydrogens is 1070 g/mol. The number of likely N-dealkylation sites (tertiary alicyclic amines) is 2. The summed E-state index contributed by atoms with van der Waals surface area (Å²) in [5.41, 5.74) is 5.92. The van der Waals surface area contributed by atoms with Crippen LogP contribution in [-0.4, -0.2) is 77.7 Å². The molecule has 2 amide bonds. The van der Waals surface area contributed by atoms with Crippen LogP contribution in [-0.2, 0) is 58.0 Å². The molecule has 2 unspecified atom stereocenters. The van der Waals surface area contributed by atoms with Gasteiger partial charge in [0.2, 0.25) is 11.8 Å². The first-order valence-electron chi connectivity index (χ1n) is 26.7. The third-order valence-electron chi connectivity index (χ3n) is 14.5. The second-order valence-corrected chi connectivity index (χ2v) is 24.1. The zero-order chi connectivity index (χ0) is 55.5. The Morgan fingerprint density at radius 1 is 0.603 bits per heavy atom. The van der Waals surface area contributed by atoms with Crippen molar-refractivity contribution in [2.75, 3.05) is 13.1 Å². The van der Waals surface area contributed by atoms with Crippen molar-refractivity contribution < 1.29 is 38.1 Å². The van der Waals surface area contributed by atoms with E-state index in [2.05, 4.69) is 10.2 Å². The average Bonchev–Trinajstić information content (AvgIpc) is 4.23. The molecular formula is C60H66Cl4N6O8. The van der Waals surface area contributed by atoms with Crippen molar-refractivity contribution in [2.24, 2.45) is 11.8 Å². The lowest BCUT2D eigenvalue weighted by Crippen LogP contribution is -2.35. The van der Waals surface area contributed by atoms with E-state index in [9.17, 15) is 19.2 Å². The van der Waals surface area contributed by atoms with E-state index in [0.717, 1.165) is 83.3 Å². The van der Waals surface area contributed by atoms with Crippen LogP contribution < -0.4 is 9.47 Å². The number of halogens is 4. The van der Waals surface area contributed by atoms with Crippen LogP contribution in [0.1, 0.15) is 137 Å². The van der Waals surface area contributed by atoms with Crippen LogP contribution in [0.5, 0.6) is 11.5 Å². The Bertz CT molecular complexity index is 2970. The molecule has 4 aliphatic rings. The second kappa shape index (κ2) is 24.1. The highest BCUT2D eigenvalue weighted by Gasteiger charge is 2.42. The summed E-state index contributed by atoms with van der Waals surface area (Å²) in [5.74, 6) is 0.899. The van der Waals surface area contributed by atoms with Crippen LogP contribution in [0.2, 0.25) is 20.1 Å². The molecule has 4 aromatic carbocycles. The van der Waals surface area contributed by atoms with Crippen LogP contribution in [0.3, 0.4) is 0 Å². The lowest BCUT2D eigenvalue weighted by Gasteiger charge is -2.31. The van der Waals surface area contributed by atoms with Gasteiger partial charge in [0, 0.05) is 62.3 Å². The van der Waals surface area contributed by atoms with Gasteiger partial charge in [-0.25, -0.2) is 9.59 Å². The van der Waals surface area contributed by atoms with Crippen LogP contribution in [0.25, 0.3) is 0 Å². The van der Waals surface area contributed by atoms with Gasteiger partial charge in [0.25, 0.3) is 0 Å². The van der Waals surface area contributed by atoms with Crippen molar-refractivity contribution >= 4 is 70.4 Å². The fraction of sp³-hybridized carbons (Fsp3) is 0.433. The Hall–Kier alpha value is -6.06. The molecule has 0 bridgehead atoms. The Morgan fingerprint density at radius 3 is 1.53 bits per heavy atom. The van der Waals surface area contributed by atoms with Crippen molar-refractivity contribution in [3.8, 4) is 11.5 Å². The van der Waals surface area contributed by atoms with Crippen molar-refractivity contribution in [1.82, 2.24) is 29.4 Å². The molecule has 4 atom stereocenters. The van der Waals surface area contributed by atoms with E-state index in [-0.39, 0.29) is 35.7 Å². The molecule has 2 fully saturated rings. The van der Waals surface area contributed by atoms with Gasteiger partial charge < -0.3 is 28.7 Å². The minimum atomic E-state index is -0.615. The van der Waals surface area contributed by atoms with Gasteiger partial charge in [-0.05, 0) is 152 Å². The number of aryl methyl sites for hydroxylation is 1. The fourth-order valence-corrected chi connectivity index (χ4v) is 12.0. The van der Waals surface area contributed by atoms with Crippen LogP contribution >= 0.6 is 46.4 Å². The smallest absolute Gasteiger partial charge is 0.435 e. The number of nitrogens with zero attached hydrogens (tertiary/aromatic N) is 6. The maximum Gasteiger partial charge on any atom is 0.435 e. The molecule has 78 heavy (non-hydrogen) atoms. The standard InChI is InChI=1S/2C30H33Cl2N3O4/c1-30(2,3)39-29(37)35-17-23-26(33-35)10-7-11-27(23)34-13-12-20(28(34)36)14-22-24(31)15-21(16-25(22)32)38-18-19-8-5-4-6-9-19;1-30(2,3)39-29(37)35-27-11-7-10-26(23(27)17-33-35)34-13-12-20(28(34)36)14-22-24(31)15-21(16-25(22)32)38-18-19-8-5-4-6-9-19/h4-6,8-9,15-17,20,27H,7,10-14,18H2,1-3H3;4-6,8-9,15-17,20,26H,7,10-14,18H2,1-3H3/t20-,27?;20-,26?/m00/s1. The van der Waals surface area contributed by atoms with E-state index < -0.39 is 23.4 Å². The molecule has 2 aliphatic carbocycles. The molecule has 2 saturated heterocycles. The molecule has 2 aliphatic heterocycles. The first-order chi connectivity index (χ1) is 37.2. The first kappa shape index (κ1) is 56.7. The fourth-order valence-electron chi connectivity index (χ4n) is 10.8. The summed E-state index contributed by atoms with van der Waals surface area (Å²) >= 11 is 26.5. The van der Waals surface area contributed by atoms with Crippen molar-refractivity contribution in [2.45, 2.75) is 142 Å². The predicted molar refractivity (Wildman–Crippen MR) is 301 cm³/mol. The number of amides is 2. The van der Waals surface area contributed by atoms with Crippen molar-refractivity contribution in [3.05, 3.63) is 162 Å². The SMILES string of the molecule is CC(C)(C)OC(=O)n1cc2c(n1)CCCC2N1CC[C@@H](Cc2c(Cl)cc(OCc3ccccc3)cc2Cl)C1=O.CC(C)(C)OC(=O)n1ncc2c1CCCC2N1CC[C@@H](Cc2c(Cl)cc(OCc3ccccc3)cc2Cl)C1=O. The van der Waals surface area contributed by atoms with Crippen LogP contribution in [0, 0.1) is 11.8 Å². The summed E-state index contributed by atoms with van der Waals surface area (Å²) in [4.78, 5) is 56.3. The number of benzene rings is 4. The van der Waals surface area contributed by atoms with Gasteiger partial charge in [0.15, 0.2) is 0 Å². The average molecular weight is 1140 g/mol. The molecule has 0 spiro atoms. The van der Waals surface area contributed by atoms with Gasteiger partial charge in [-0.3, -0.25) is 9.59 Å². The number of hydrogen-bond donors (Lipinski definition) is 0. The topological polar surface area (TPSA) is 147 Å². The van der Waals surface area contributed by atoms with E-state index in [4.69, 9.17) is 65.4 Å². The summed E-state index contributed by atoms with van der Waals surface area (Å²) in [7, 11) is 0. The zero-order valence-electron chi connectivity index (χ0n) is 44.9. The predicted octanol–water partition coefficient (Wildman–Crippen LogP) is 14.0. The van der Waals surface area contributed by atoms with E-state index >= 15 is 0 Å². The van der Waals surface area contributed by atoms with Crippen LogP contribution in [0.4, 0.5) is 9.59 Å². The lowest BCUT2D eigenvalue weighted by atomic mass is 9.91. The summed E-state index contributed by atoms with van der Waals surface area (Å²) in [5, 5.41) is 10.8. The monoisotopic (exact) mass is 1140 g/mol. The minimum absolute atomic E-state index is 0.0782. The highest BCUT2D eigenvalue weighted by molar-refractivity contribution is 6.37. The number of rotatable bonds is 12. The molecule has 6 aromatic rings. The Labute approximate surface area is 476 Å². The van der Waals surface area contributed by atoms with E-state index in [1.165, 1.54) is 9.36 Å². The van der Waals surface area contributed by atoms with Gasteiger partial charge in [0.1, 0.15) is 35.9 Å². The number of ether oxygens (including phenoxy) is 4. The Kier molecular flexibility index (Phi) is 17.5. The quantitative estimate of drug-likeness (QED) is 0.116. The molecule has 0 radical (unpaired) electrons. The van der Waals surface area contributed by atoms with Gasteiger partial charge in [-0.2, -0.15) is 19.6 Å². The summed E-state index contributed by atoms with van der Waals surface area (Å²) in [6.45, 7) is 13.1. The van der Waals surface area contributed by atoms with E-state index in [1.807, 2.05) is 112 Å². The summed E-state index contributed by atoms with van der Waals surface area (Å²) in [6, 6.07) is 26.6. The van der Waals surface area contributed by atoms with E-state index in [0.29, 0.717) is 83.6 Å². The Morgan fingerprint density at radius 2 is 1.05 bits per heavy atom. The normalized spacial score (nSPS) is 19.2. The number of fused-ring (bicyclic) bond motifs is 2. The summed E-state index contributed by atoms with van der Waals surface area (Å²) in [6.07, 6.45) is 9.72. The number of hydrogen-bond acceptors (Lipinski definition) is 10. The first-order valence-corrected chi connectivity index (χ1v) is 28.2. The molecule has 412 valence electrons. The Balaban J connectivity index is 0.000000190. The van der Waals surface area contributed by atoms with Gasteiger partial charge in [-0.1, -0.05) is 107 Å². The largest absolute Gasteiger partial charge is 0.489 e. The molecule has 2 aromatic heterocycles. The van der Waals surface area contributed by atoms with Gasteiger partial charge in [-0.15, -0.1) is 0 Å².